The average molecular weight is 478 g/mol. The van der Waals surface area contributed by atoms with Crippen LogP contribution in [0.25, 0.3) is 21.8 Å². The van der Waals surface area contributed by atoms with Gasteiger partial charge in [-0.3, -0.25) is 4.99 Å². The SMILES string of the molecule is C(=Nc1ccccc1)c1cccc2c1[n-]c1ccccc12.[CH3-].[CH3-].[Hf]. The molecule has 0 radical (unpaired) electrons. The molecule has 1 aromatic heterocycles. The molecule has 0 unspecified atom stereocenters. The summed E-state index contributed by atoms with van der Waals surface area (Å²) in [5.74, 6) is 0. The van der Waals surface area contributed by atoms with Crippen molar-refractivity contribution in [2.24, 2.45) is 4.99 Å². The Labute approximate surface area is 162 Å². The monoisotopic (exact) mass is 479 g/mol. The quantitative estimate of drug-likeness (QED) is 0.210. The van der Waals surface area contributed by atoms with Gasteiger partial charge in [0.2, 0.25) is 0 Å². The molecule has 0 atom stereocenters. The third-order valence-corrected chi connectivity index (χ3v) is 3.60. The van der Waals surface area contributed by atoms with Crippen LogP contribution in [-0.4, -0.2) is 6.21 Å². The van der Waals surface area contributed by atoms with Crippen LogP contribution in [0.15, 0.2) is 77.8 Å². The van der Waals surface area contributed by atoms with Crippen LogP contribution in [0.2, 0.25) is 0 Å². The van der Waals surface area contributed by atoms with Gasteiger partial charge in [0.1, 0.15) is 0 Å². The molecule has 0 saturated carbocycles. The molecule has 0 aliphatic heterocycles. The van der Waals surface area contributed by atoms with E-state index in [0.29, 0.717) is 0 Å². The number of para-hydroxylation sites is 3. The predicted molar refractivity (Wildman–Crippen MR) is 101 cm³/mol. The minimum atomic E-state index is 0. The van der Waals surface area contributed by atoms with Gasteiger partial charge >= 0.3 is 0 Å². The van der Waals surface area contributed by atoms with Gasteiger partial charge in [-0.05, 0) is 28.5 Å². The second kappa shape index (κ2) is 8.74. The van der Waals surface area contributed by atoms with Crippen molar-refractivity contribution < 1.29 is 25.8 Å². The molecule has 0 amide bonds. The van der Waals surface area contributed by atoms with Crippen molar-refractivity contribution in [1.29, 1.82) is 0 Å². The maximum Gasteiger partial charge on any atom is 0.0629 e. The standard InChI is InChI=1S/C19H13N2.2CH3.Hf/c1-2-8-15(9-3-1)20-13-14-7-6-11-17-16-10-4-5-12-18(16)21-19(14)17;;;/h1-13H;2*1H3;/q3*-1;. The first-order chi connectivity index (χ1) is 10.4. The first-order valence-electron chi connectivity index (χ1n) is 6.95. The van der Waals surface area contributed by atoms with Crippen molar-refractivity contribution in [3.8, 4) is 0 Å². The average Bonchev–Trinajstić information content (AvgIpc) is 2.93. The molecular weight excluding hydrogens is 459 g/mol. The van der Waals surface area contributed by atoms with Gasteiger partial charge in [0, 0.05) is 32.1 Å². The molecule has 1 heterocycles. The fourth-order valence-corrected chi connectivity index (χ4v) is 2.59. The predicted octanol–water partition coefficient (Wildman–Crippen LogP) is 5.60. The molecular formula is C21H19HfN2-3. The maximum absolute atomic E-state index is 4.74. The van der Waals surface area contributed by atoms with E-state index in [1.54, 1.807) is 0 Å². The van der Waals surface area contributed by atoms with Gasteiger partial charge in [0.25, 0.3) is 0 Å². The molecule has 0 aliphatic carbocycles. The van der Waals surface area contributed by atoms with E-state index >= 15 is 0 Å². The molecule has 2 nitrogen and oxygen atoms in total. The number of aromatic nitrogens is 1. The number of aliphatic imine (C=N–C) groups is 1. The molecule has 120 valence electrons. The summed E-state index contributed by atoms with van der Waals surface area (Å²) in [6.07, 6.45) is 1.89. The zero-order valence-electron chi connectivity index (χ0n) is 13.9. The summed E-state index contributed by atoms with van der Waals surface area (Å²) in [6.45, 7) is 0. The number of hydrogen-bond donors (Lipinski definition) is 0. The van der Waals surface area contributed by atoms with E-state index in [1.807, 2.05) is 54.7 Å². The van der Waals surface area contributed by atoms with Crippen molar-refractivity contribution in [3.63, 3.8) is 0 Å². The maximum atomic E-state index is 4.74. The van der Waals surface area contributed by atoms with Gasteiger partial charge in [-0.1, -0.05) is 60.7 Å². The van der Waals surface area contributed by atoms with Crippen LogP contribution in [0.3, 0.4) is 0 Å². The molecule has 0 N–H and O–H groups in total. The van der Waals surface area contributed by atoms with Gasteiger partial charge in [-0.15, -0.1) is 11.0 Å². The zero-order valence-corrected chi connectivity index (χ0v) is 17.5. The summed E-state index contributed by atoms with van der Waals surface area (Å²) >= 11 is 0. The zero-order chi connectivity index (χ0) is 14.1. The molecule has 3 heteroatoms. The van der Waals surface area contributed by atoms with Crippen molar-refractivity contribution in [2.45, 2.75) is 0 Å². The summed E-state index contributed by atoms with van der Waals surface area (Å²) in [6, 6.07) is 24.4. The van der Waals surface area contributed by atoms with Gasteiger partial charge in [0.15, 0.2) is 0 Å². The van der Waals surface area contributed by atoms with Gasteiger partial charge < -0.3 is 19.8 Å². The Morgan fingerprint density at radius 2 is 1.38 bits per heavy atom. The number of benzene rings is 3. The van der Waals surface area contributed by atoms with E-state index in [1.165, 1.54) is 10.8 Å². The summed E-state index contributed by atoms with van der Waals surface area (Å²) < 4.78 is 0. The fraction of sp³-hybridized carbons (Fsp3) is 0. The van der Waals surface area contributed by atoms with E-state index in [4.69, 9.17) is 4.98 Å². The number of hydrogen-bond acceptors (Lipinski definition) is 1. The molecule has 0 fully saturated rings. The molecule has 0 saturated heterocycles. The van der Waals surface area contributed by atoms with E-state index < -0.39 is 0 Å². The van der Waals surface area contributed by atoms with E-state index in [2.05, 4.69) is 29.3 Å². The summed E-state index contributed by atoms with van der Waals surface area (Å²) in [7, 11) is 0. The Bertz CT molecular complexity index is 940. The van der Waals surface area contributed by atoms with Crippen molar-refractivity contribution in [1.82, 2.24) is 4.98 Å². The Balaban J connectivity index is 0.000000960. The van der Waals surface area contributed by atoms with Crippen LogP contribution in [-0.2, 0) is 25.8 Å². The first kappa shape index (κ1) is 20.0. The summed E-state index contributed by atoms with van der Waals surface area (Å²) in [5, 5.41) is 2.38. The van der Waals surface area contributed by atoms with Gasteiger partial charge in [-0.2, -0.15) is 0 Å². The largest absolute Gasteiger partial charge is 0.656 e. The van der Waals surface area contributed by atoms with Gasteiger partial charge in [0.05, 0.1) is 5.69 Å². The smallest absolute Gasteiger partial charge is 0.0629 e. The Kier molecular flexibility index (Phi) is 7.30. The van der Waals surface area contributed by atoms with Crippen molar-refractivity contribution in [2.75, 3.05) is 0 Å². The van der Waals surface area contributed by atoms with Gasteiger partial charge in [-0.25, -0.2) is 0 Å². The summed E-state index contributed by atoms with van der Waals surface area (Å²) in [5.41, 5.74) is 4.05. The van der Waals surface area contributed by atoms with E-state index in [9.17, 15) is 0 Å². The Hall–Kier alpha value is -2.00. The molecule has 24 heavy (non-hydrogen) atoms. The molecule has 0 aliphatic rings. The van der Waals surface area contributed by atoms with Crippen LogP contribution in [0.1, 0.15) is 5.56 Å². The second-order valence-corrected chi connectivity index (χ2v) is 4.97. The molecule has 3 aromatic carbocycles. The molecule has 0 spiro atoms. The minimum absolute atomic E-state index is 0. The Morgan fingerprint density at radius 1 is 0.708 bits per heavy atom. The third-order valence-electron chi connectivity index (χ3n) is 3.60. The first-order valence-corrected chi connectivity index (χ1v) is 6.95. The normalized spacial score (nSPS) is 10.2. The third kappa shape index (κ3) is 3.73. The molecule has 4 rings (SSSR count). The fourth-order valence-electron chi connectivity index (χ4n) is 2.59. The molecule has 4 aromatic rings. The molecule has 0 bridgehead atoms. The summed E-state index contributed by atoms with van der Waals surface area (Å²) in [4.78, 5) is 9.27. The van der Waals surface area contributed by atoms with Crippen molar-refractivity contribution in [3.05, 3.63) is 93.2 Å². The van der Waals surface area contributed by atoms with Crippen LogP contribution in [0.4, 0.5) is 5.69 Å². The van der Waals surface area contributed by atoms with E-state index in [0.717, 1.165) is 22.3 Å². The number of fused-ring (bicyclic) bond motifs is 3. The topological polar surface area (TPSA) is 26.5 Å². The van der Waals surface area contributed by atoms with Crippen LogP contribution < -0.4 is 4.98 Å². The van der Waals surface area contributed by atoms with Crippen LogP contribution >= 0.6 is 0 Å². The second-order valence-electron chi connectivity index (χ2n) is 4.97. The van der Waals surface area contributed by atoms with Crippen LogP contribution in [0.5, 0.6) is 0 Å². The van der Waals surface area contributed by atoms with Crippen molar-refractivity contribution >= 4 is 33.7 Å². The minimum Gasteiger partial charge on any atom is -0.656 e. The Morgan fingerprint density at radius 3 is 2.17 bits per heavy atom. The van der Waals surface area contributed by atoms with E-state index in [-0.39, 0.29) is 40.7 Å². The number of rotatable bonds is 2. The number of nitrogens with zero attached hydrogens (tertiary/aromatic N) is 2. The van der Waals surface area contributed by atoms with Crippen LogP contribution in [0, 0.1) is 14.9 Å².